The molecule has 6 heteroatoms. The molecule has 0 aliphatic heterocycles. The summed E-state index contributed by atoms with van der Waals surface area (Å²) in [6, 6.07) is 0. The van der Waals surface area contributed by atoms with E-state index in [0.29, 0.717) is 5.11 Å². The van der Waals surface area contributed by atoms with Gasteiger partial charge in [-0.15, -0.1) is 0 Å². The molecule has 15 heavy (non-hydrogen) atoms. The van der Waals surface area contributed by atoms with Crippen LogP contribution in [0.4, 0.5) is 5.69 Å². The molecule has 0 aliphatic carbocycles. The Morgan fingerprint density at radius 3 is 3.07 bits per heavy atom. The number of aromatic nitrogens is 2. The highest BCUT2D eigenvalue weighted by atomic mass is 32.1. The van der Waals surface area contributed by atoms with Crippen LogP contribution in [0.3, 0.4) is 0 Å². The maximum Gasteiger partial charge on any atom is 0.170 e. The smallest absolute Gasteiger partial charge is 0.170 e. The number of thiocarbonyl (C=S) groups is 1. The van der Waals surface area contributed by atoms with Crippen LogP contribution in [0.2, 0.25) is 0 Å². The van der Waals surface area contributed by atoms with Crippen molar-refractivity contribution in [1.82, 2.24) is 15.1 Å². The van der Waals surface area contributed by atoms with Crippen molar-refractivity contribution >= 4 is 23.0 Å². The van der Waals surface area contributed by atoms with Crippen molar-refractivity contribution in [2.75, 3.05) is 25.6 Å². The van der Waals surface area contributed by atoms with E-state index in [0.717, 1.165) is 25.3 Å². The van der Waals surface area contributed by atoms with E-state index in [-0.39, 0.29) is 0 Å². The number of anilines is 1. The van der Waals surface area contributed by atoms with E-state index in [4.69, 9.17) is 17.0 Å². The largest absolute Gasteiger partial charge is 0.385 e. The number of rotatable bonds is 5. The monoisotopic (exact) mass is 228 g/mol. The summed E-state index contributed by atoms with van der Waals surface area (Å²) < 4.78 is 6.65. The number of hydrogen-bond acceptors (Lipinski definition) is 3. The molecule has 0 atom stereocenters. The van der Waals surface area contributed by atoms with Crippen molar-refractivity contribution in [3.8, 4) is 0 Å². The highest BCUT2D eigenvalue weighted by Crippen LogP contribution is 2.02. The lowest BCUT2D eigenvalue weighted by Gasteiger charge is -2.07. The maximum absolute atomic E-state index is 5.09. The van der Waals surface area contributed by atoms with Crippen LogP contribution in [-0.4, -0.2) is 35.2 Å². The fraction of sp³-hybridized carbons (Fsp3) is 0.556. The summed E-state index contributed by atoms with van der Waals surface area (Å²) in [7, 11) is 3.55. The molecule has 0 saturated heterocycles. The third-order valence-electron chi connectivity index (χ3n) is 1.77. The summed E-state index contributed by atoms with van der Waals surface area (Å²) in [5.74, 6) is 0. The zero-order chi connectivity index (χ0) is 11.1. The molecule has 1 heterocycles. The first-order chi connectivity index (χ1) is 7.22. The van der Waals surface area contributed by atoms with Gasteiger partial charge in [-0.2, -0.15) is 5.10 Å². The Morgan fingerprint density at radius 2 is 2.47 bits per heavy atom. The van der Waals surface area contributed by atoms with Gasteiger partial charge >= 0.3 is 0 Å². The molecule has 0 aliphatic rings. The van der Waals surface area contributed by atoms with E-state index in [2.05, 4.69) is 15.7 Å². The summed E-state index contributed by atoms with van der Waals surface area (Å²) in [6.45, 7) is 1.54. The van der Waals surface area contributed by atoms with Gasteiger partial charge < -0.3 is 15.4 Å². The second-order valence-corrected chi connectivity index (χ2v) is 3.54. The fourth-order valence-electron chi connectivity index (χ4n) is 1.08. The average Bonchev–Trinajstić information content (AvgIpc) is 2.59. The first-order valence-corrected chi connectivity index (χ1v) is 5.15. The maximum atomic E-state index is 5.09. The molecule has 0 unspecified atom stereocenters. The topological polar surface area (TPSA) is 51.1 Å². The van der Waals surface area contributed by atoms with E-state index in [1.807, 2.05) is 13.2 Å². The van der Waals surface area contributed by atoms with Crippen LogP contribution in [-0.2, 0) is 11.8 Å². The lowest BCUT2D eigenvalue weighted by atomic mass is 10.4. The van der Waals surface area contributed by atoms with Crippen LogP contribution in [0.5, 0.6) is 0 Å². The number of nitrogens with one attached hydrogen (secondary N) is 2. The third kappa shape index (κ3) is 4.75. The molecule has 1 rings (SSSR count). The minimum Gasteiger partial charge on any atom is -0.385 e. The molecule has 0 aromatic carbocycles. The summed E-state index contributed by atoms with van der Waals surface area (Å²) in [6.07, 6.45) is 4.53. The molecule has 0 spiro atoms. The molecule has 2 N–H and O–H groups in total. The molecule has 5 nitrogen and oxygen atoms in total. The Labute approximate surface area is 94.8 Å². The zero-order valence-electron chi connectivity index (χ0n) is 8.99. The SMILES string of the molecule is COCCCNC(=S)Nc1cnn(C)c1. The van der Waals surface area contributed by atoms with Crippen LogP contribution >= 0.6 is 12.2 Å². The molecule has 0 fully saturated rings. The van der Waals surface area contributed by atoms with Gasteiger partial charge in [0.25, 0.3) is 0 Å². The van der Waals surface area contributed by atoms with Crippen molar-refractivity contribution in [3.63, 3.8) is 0 Å². The average molecular weight is 228 g/mol. The molecule has 1 aromatic heterocycles. The summed E-state index contributed by atoms with van der Waals surface area (Å²) >= 11 is 5.09. The van der Waals surface area contributed by atoms with Crippen LogP contribution in [0.1, 0.15) is 6.42 Å². The van der Waals surface area contributed by atoms with Gasteiger partial charge in [0.15, 0.2) is 5.11 Å². The Balaban J connectivity index is 2.18. The number of hydrogen-bond donors (Lipinski definition) is 2. The Bertz CT molecular complexity index is 313. The van der Waals surface area contributed by atoms with Gasteiger partial charge in [-0.3, -0.25) is 4.68 Å². The lowest BCUT2D eigenvalue weighted by Crippen LogP contribution is -2.29. The summed E-state index contributed by atoms with van der Waals surface area (Å²) in [5.41, 5.74) is 0.891. The molecule has 0 amide bonds. The molecule has 0 bridgehead atoms. The van der Waals surface area contributed by atoms with Gasteiger partial charge in [-0.25, -0.2) is 0 Å². The standard InChI is InChI=1S/C9H16N4OS/c1-13-7-8(6-11-13)12-9(15)10-4-3-5-14-2/h6-7H,3-5H2,1-2H3,(H2,10,12,15). The molecular formula is C9H16N4OS. The van der Waals surface area contributed by atoms with E-state index in [1.54, 1.807) is 18.0 Å². The first-order valence-electron chi connectivity index (χ1n) is 4.75. The minimum atomic E-state index is 0.610. The van der Waals surface area contributed by atoms with E-state index >= 15 is 0 Å². The van der Waals surface area contributed by atoms with Crippen LogP contribution in [0.25, 0.3) is 0 Å². The zero-order valence-corrected chi connectivity index (χ0v) is 9.80. The van der Waals surface area contributed by atoms with Crippen LogP contribution in [0, 0.1) is 0 Å². The van der Waals surface area contributed by atoms with Crippen molar-refractivity contribution in [1.29, 1.82) is 0 Å². The van der Waals surface area contributed by atoms with Gasteiger partial charge in [0, 0.05) is 33.5 Å². The van der Waals surface area contributed by atoms with E-state index < -0.39 is 0 Å². The van der Waals surface area contributed by atoms with Gasteiger partial charge in [-0.1, -0.05) is 0 Å². The molecule has 84 valence electrons. The van der Waals surface area contributed by atoms with Gasteiger partial charge in [0.05, 0.1) is 11.9 Å². The van der Waals surface area contributed by atoms with E-state index in [1.165, 1.54) is 0 Å². The van der Waals surface area contributed by atoms with E-state index in [9.17, 15) is 0 Å². The summed E-state index contributed by atoms with van der Waals surface area (Å²) in [5, 5.41) is 10.8. The number of methoxy groups -OCH3 is 1. The molecule has 0 radical (unpaired) electrons. The quantitative estimate of drug-likeness (QED) is 0.575. The number of aryl methyl sites for hydroxylation is 1. The predicted molar refractivity (Wildman–Crippen MR) is 63.9 cm³/mol. The Kier molecular flexibility index (Phi) is 5.06. The first kappa shape index (κ1) is 11.9. The second-order valence-electron chi connectivity index (χ2n) is 3.13. The van der Waals surface area contributed by atoms with Crippen molar-refractivity contribution in [2.45, 2.75) is 6.42 Å². The third-order valence-corrected chi connectivity index (χ3v) is 2.02. The fourth-order valence-corrected chi connectivity index (χ4v) is 1.30. The van der Waals surface area contributed by atoms with Crippen LogP contribution in [0.15, 0.2) is 12.4 Å². The number of nitrogens with zero attached hydrogens (tertiary/aromatic N) is 2. The highest BCUT2D eigenvalue weighted by molar-refractivity contribution is 7.80. The minimum absolute atomic E-state index is 0.610. The molecular weight excluding hydrogens is 212 g/mol. The molecule has 0 saturated carbocycles. The molecule has 1 aromatic rings. The van der Waals surface area contributed by atoms with Gasteiger partial charge in [0.1, 0.15) is 0 Å². The van der Waals surface area contributed by atoms with Crippen molar-refractivity contribution in [2.24, 2.45) is 7.05 Å². The Hall–Kier alpha value is -1.14. The normalized spacial score (nSPS) is 10.0. The lowest BCUT2D eigenvalue weighted by molar-refractivity contribution is 0.196. The van der Waals surface area contributed by atoms with Gasteiger partial charge in [0.2, 0.25) is 0 Å². The summed E-state index contributed by atoms with van der Waals surface area (Å²) in [4.78, 5) is 0. The predicted octanol–water partition coefficient (Wildman–Crippen LogP) is 0.743. The Morgan fingerprint density at radius 1 is 1.67 bits per heavy atom. The van der Waals surface area contributed by atoms with Gasteiger partial charge in [-0.05, 0) is 18.6 Å². The number of ether oxygens (including phenoxy) is 1. The second kappa shape index (κ2) is 6.36. The highest BCUT2D eigenvalue weighted by Gasteiger charge is 1.98. The van der Waals surface area contributed by atoms with Crippen molar-refractivity contribution in [3.05, 3.63) is 12.4 Å². The van der Waals surface area contributed by atoms with Crippen LogP contribution < -0.4 is 10.6 Å². The van der Waals surface area contributed by atoms with Crippen molar-refractivity contribution < 1.29 is 4.74 Å².